The molecule has 64 valence electrons. The molecule has 0 bridgehead atoms. The van der Waals surface area contributed by atoms with Crippen LogP contribution < -0.4 is 10.9 Å². The predicted octanol–water partition coefficient (Wildman–Crippen LogP) is -0.261. The first kappa shape index (κ1) is 8.45. The summed E-state index contributed by atoms with van der Waals surface area (Å²) in [6, 6.07) is 1.46. The molecule has 0 aliphatic rings. The topological polar surface area (TPSA) is 64.0 Å². The first-order chi connectivity index (χ1) is 5.61. The molecule has 1 rings (SSSR count). The predicted molar refractivity (Wildman–Crippen MR) is 43.8 cm³/mol. The van der Waals surface area contributed by atoms with E-state index in [-0.39, 0.29) is 17.2 Å². The van der Waals surface area contributed by atoms with E-state index in [2.05, 4.69) is 10.4 Å². The average molecular weight is 167 g/mol. The largest absolute Gasteiger partial charge is 0.322 e. The van der Waals surface area contributed by atoms with Gasteiger partial charge in [0, 0.05) is 20.2 Å². The number of aryl methyl sites for hydroxylation is 1. The molecule has 12 heavy (non-hydrogen) atoms. The van der Waals surface area contributed by atoms with Crippen molar-refractivity contribution < 1.29 is 4.79 Å². The van der Waals surface area contributed by atoms with E-state index < -0.39 is 0 Å². The summed E-state index contributed by atoms with van der Waals surface area (Å²) in [7, 11) is 1.52. The van der Waals surface area contributed by atoms with Crippen molar-refractivity contribution in [2.24, 2.45) is 7.05 Å². The van der Waals surface area contributed by atoms with Gasteiger partial charge in [0.1, 0.15) is 5.69 Å². The summed E-state index contributed by atoms with van der Waals surface area (Å²) in [5.74, 6) is -0.265. The van der Waals surface area contributed by atoms with Gasteiger partial charge in [-0.15, -0.1) is 0 Å². The monoisotopic (exact) mass is 167 g/mol. The lowest BCUT2D eigenvalue weighted by Crippen LogP contribution is -2.24. The van der Waals surface area contributed by atoms with Gasteiger partial charge >= 0.3 is 0 Å². The Morgan fingerprint density at radius 2 is 2.33 bits per heavy atom. The Morgan fingerprint density at radius 3 is 2.92 bits per heavy atom. The highest BCUT2D eigenvalue weighted by Gasteiger charge is 2.01. The molecule has 1 aromatic rings. The van der Waals surface area contributed by atoms with Crippen LogP contribution in [-0.2, 0) is 11.8 Å². The minimum Gasteiger partial charge on any atom is -0.322 e. The van der Waals surface area contributed by atoms with Crippen molar-refractivity contribution in [1.29, 1.82) is 0 Å². The molecule has 0 fully saturated rings. The van der Waals surface area contributed by atoms with Crippen LogP contribution in [0, 0.1) is 0 Å². The Labute approximate surface area is 69.0 Å². The lowest BCUT2D eigenvalue weighted by atomic mass is 10.4. The maximum atomic E-state index is 11.2. The van der Waals surface area contributed by atoms with Gasteiger partial charge in [0.2, 0.25) is 5.91 Å². The van der Waals surface area contributed by atoms with Gasteiger partial charge in [-0.05, 0) is 6.07 Å². The van der Waals surface area contributed by atoms with Gasteiger partial charge in [0.15, 0.2) is 0 Å². The first-order valence-electron chi connectivity index (χ1n) is 3.41. The number of aromatic nitrogens is 2. The van der Waals surface area contributed by atoms with Crippen molar-refractivity contribution in [3.8, 4) is 0 Å². The quantitative estimate of drug-likeness (QED) is 0.626. The second-order valence-corrected chi connectivity index (χ2v) is 2.35. The number of carbonyl (C=O) groups excluding carboxylic acids is 1. The van der Waals surface area contributed by atoms with Gasteiger partial charge < -0.3 is 5.32 Å². The van der Waals surface area contributed by atoms with Crippen molar-refractivity contribution in [3.63, 3.8) is 0 Å². The van der Waals surface area contributed by atoms with Crippen LogP contribution in [0.5, 0.6) is 0 Å². The summed E-state index contributed by atoms with van der Waals surface area (Å²) in [6.45, 7) is 1.35. The Morgan fingerprint density at radius 1 is 1.67 bits per heavy atom. The Bertz CT molecular complexity index is 356. The lowest BCUT2D eigenvalue weighted by molar-refractivity contribution is -0.114. The molecular weight excluding hydrogens is 158 g/mol. The lowest BCUT2D eigenvalue weighted by Gasteiger charge is -2.01. The molecule has 5 nitrogen and oxygen atoms in total. The van der Waals surface area contributed by atoms with Crippen molar-refractivity contribution in [2.75, 3.05) is 5.32 Å². The van der Waals surface area contributed by atoms with Crippen LogP contribution in [-0.4, -0.2) is 15.7 Å². The molecular formula is C7H9N3O2. The standard InChI is InChI=1S/C7H9N3O2/c1-5(11)9-6-3-4-8-10(2)7(6)12/h3-4H,1-2H3,(H,9,11). The number of carbonyl (C=O) groups is 1. The molecule has 0 radical (unpaired) electrons. The summed E-state index contributed by atoms with van der Waals surface area (Å²) in [4.78, 5) is 21.8. The molecule has 0 aliphatic heterocycles. The Balaban J connectivity index is 3.09. The van der Waals surface area contributed by atoms with Crippen molar-refractivity contribution >= 4 is 11.6 Å². The van der Waals surface area contributed by atoms with E-state index >= 15 is 0 Å². The second kappa shape index (κ2) is 3.17. The summed E-state index contributed by atoms with van der Waals surface area (Å²) < 4.78 is 1.16. The molecule has 1 heterocycles. The maximum absolute atomic E-state index is 11.2. The fourth-order valence-electron chi connectivity index (χ4n) is 0.791. The minimum atomic E-state index is -0.312. The summed E-state index contributed by atoms with van der Waals surface area (Å²) in [5, 5.41) is 6.10. The van der Waals surface area contributed by atoms with E-state index in [4.69, 9.17) is 0 Å². The third-order valence-electron chi connectivity index (χ3n) is 1.32. The number of hydrogen-bond acceptors (Lipinski definition) is 3. The molecule has 0 spiro atoms. The fourth-order valence-corrected chi connectivity index (χ4v) is 0.791. The zero-order chi connectivity index (χ0) is 9.14. The van der Waals surface area contributed by atoms with E-state index in [1.807, 2.05) is 0 Å². The van der Waals surface area contributed by atoms with Gasteiger partial charge in [0.05, 0.1) is 0 Å². The second-order valence-electron chi connectivity index (χ2n) is 2.35. The van der Waals surface area contributed by atoms with E-state index in [1.165, 1.54) is 26.2 Å². The summed E-state index contributed by atoms with van der Waals surface area (Å²) in [5.41, 5.74) is -0.0623. The molecule has 0 aromatic carbocycles. The SMILES string of the molecule is CC(=O)Nc1ccnn(C)c1=O. The molecule has 0 unspecified atom stereocenters. The fraction of sp³-hybridized carbons (Fsp3) is 0.286. The van der Waals surface area contributed by atoms with Crippen molar-refractivity contribution in [2.45, 2.75) is 6.92 Å². The molecule has 1 N–H and O–H groups in total. The molecule has 0 atom stereocenters. The maximum Gasteiger partial charge on any atom is 0.290 e. The smallest absolute Gasteiger partial charge is 0.290 e. The van der Waals surface area contributed by atoms with E-state index in [0.717, 1.165) is 4.68 Å². The molecule has 0 aliphatic carbocycles. The van der Waals surface area contributed by atoms with Crippen LogP contribution in [0.25, 0.3) is 0 Å². The van der Waals surface area contributed by atoms with E-state index in [0.29, 0.717) is 0 Å². The molecule has 1 amide bonds. The molecule has 0 saturated carbocycles. The third-order valence-corrected chi connectivity index (χ3v) is 1.32. The number of amides is 1. The highest BCUT2D eigenvalue weighted by molar-refractivity contribution is 5.88. The van der Waals surface area contributed by atoms with Gasteiger partial charge in [-0.2, -0.15) is 5.10 Å². The van der Waals surface area contributed by atoms with Crippen LogP contribution >= 0.6 is 0 Å². The van der Waals surface area contributed by atoms with Crippen LogP contribution in [0.2, 0.25) is 0 Å². The van der Waals surface area contributed by atoms with Crippen molar-refractivity contribution in [1.82, 2.24) is 9.78 Å². The van der Waals surface area contributed by atoms with Crippen LogP contribution in [0.15, 0.2) is 17.1 Å². The van der Waals surface area contributed by atoms with Gasteiger partial charge in [-0.1, -0.05) is 0 Å². The highest BCUT2D eigenvalue weighted by atomic mass is 16.2. The third kappa shape index (κ3) is 1.69. The molecule has 5 heteroatoms. The molecule has 1 aromatic heterocycles. The van der Waals surface area contributed by atoms with Gasteiger partial charge in [-0.3, -0.25) is 9.59 Å². The zero-order valence-electron chi connectivity index (χ0n) is 6.87. The number of anilines is 1. The minimum absolute atomic E-state index is 0.250. The highest BCUT2D eigenvalue weighted by Crippen LogP contribution is 1.94. The van der Waals surface area contributed by atoms with Gasteiger partial charge in [0.25, 0.3) is 5.56 Å². The molecule has 0 saturated heterocycles. The normalized spacial score (nSPS) is 9.50. The first-order valence-corrected chi connectivity index (χ1v) is 3.41. The average Bonchev–Trinajstić information content (AvgIpc) is 1.98. The summed E-state index contributed by atoms with van der Waals surface area (Å²) >= 11 is 0. The number of nitrogens with zero attached hydrogens (tertiary/aromatic N) is 2. The van der Waals surface area contributed by atoms with Crippen LogP contribution in [0.1, 0.15) is 6.92 Å². The summed E-state index contributed by atoms with van der Waals surface area (Å²) in [6.07, 6.45) is 1.45. The van der Waals surface area contributed by atoms with Crippen LogP contribution in [0.3, 0.4) is 0 Å². The Hall–Kier alpha value is -1.65. The number of hydrogen-bond donors (Lipinski definition) is 1. The zero-order valence-corrected chi connectivity index (χ0v) is 6.87. The number of nitrogens with one attached hydrogen (secondary N) is 1. The number of rotatable bonds is 1. The van der Waals surface area contributed by atoms with Crippen LogP contribution in [0.4, 0.5) is 5.69 Å². The van der Waals surface area contributed by atoms with E-state index in [1.54, 1.807) is 0 Å². The van der Waals surface area contributed by atoms with Gasteiger partial charge in [-0.25, -0.2) is 4.68 Å². The van der Waals surface area contributed by atoms with E-state index in [9.17, 15) is 9.59 Å². The Kier molecular flexibility index (Phi) is 2.23. The van der Waals surface area contributed by atoms with Crippen molar-refractivity contribution in [3.05, 3.63) is 22.6 Å².